The molecule has 1 aliphatic rings. The molecule has 0 atom stereocenters. The molecule has 1 aliphatic heterocycles. The Labute approximate surface area is 205 Å². The minimum atomic E-state index is -0.318. The Bertz CT molecular complexity index is 1860. The monoisotopic (exact) mass is 457 g/mol. The SMILES string of the molecule is Cc1ccccc1-c1c(C)c[n+](C)c2c1C(C)(C)n1c3c-2c(C)ccc3n2c3ccccc3nc12. The van der Waals surface area contributed by atoms with Gasteiger partial charge in [-0.2, -0.15) is 0 Å². The van der Waals surface area contributed by atoms with Crippen LogP contribution in [0.5, 0.6) is 0 Å². The topological polar surface area (TPSA) is 26.1 Å². The van der Waals surface area contributed by atoms with Crippen molar-refractivity contribution < 1.29 is 4.57 Å². The molecule has 3 aromatic heterocycles. The molecule has 7 rings (SSSR count). The second kappa shape index (κ2) is 6.60. The lowest BCUT2D eigenvalue weighted by Crippen LogP contribution is -2.41. The van der Waals surface area contributed by atoms with E-state index in [0.717, 1.165) is 16.8 Å². The molecule has 0 bridgehead atoms. The largest absolute Gasteiger partial charge is 0.299 e. The number of pyridine rings is 1. The van der Waals surface area contributed by atoms with Crippen LogP contribution in [0.3, 0.4) is 0 Å². The van der Waals surface area contributed by atoms with E-state index in [1.54, 1.807) is 0 Å². The van der Waals surface area contributed by atoms with E-state index in [9.17, 15) is 0 Å². The van der Waals surface area contributed by atoms with E-state index in [1.165, 1.54) is 55.7 Å². The fourth-order valence-electron chi connectivity index (χ4n) is 6.54. The molecule has 6 aromatic rings. The first-order valence-electron chi connectivity index (χ1n) is 12.3. The van der Waals surface area contributed by atoms with Gasteiger partial charge in [0, 0.05) is 11.1 Å². The second-order valence-electron chi connectivity index (χ2n) is 10.6. The predicted molar refractivity (Wildman–Crippen MR) is 143 cm³/mol. The summed E-state index contributed by atoms with van der Waals surface area (Å²) < 4.78 is 7.18. The van der Waals surface area contributed by atoms with Gasteiger partial charge in [0.15, 0.2) is 6.20 Å². The summed E-state index contributed by atoms with van der Waals surface area (Å²) in [6, 6.07) is 21.8. The summed E-state index contributed by atoms with van der Waals surface area (Å²) in [6.45, 7) is 11.4. The first-order valence-corrected chi connectivity index (χ1v) is 12.3. The van der Waals surface area contributed by atoms with Crippen LogP contribution in [0.15, 0.2) is 66.9 Å². The molecule has 0 amide bonds. The normalized spacial score (nSPS) is 14.2. The van der Waals surface area contributed by atoms with Crippen LogP contribution in [-0.2, 0) is 12.6 Å². The molecule has 0 unspecified atom stereocenters. The molecular weight excluding hydrogens is 428 g/mol. The number of benzene rings is 3. The van der Waals surface area contributed by atoms with Crippen molar-refractivity contribution in [2.24, 2.45) is 7.05 Å². The second-order valence-corrected chi connectivity index (χ2v) is 10.6. The van der Waals surface area contributed by atoms with Gasteiger partial charge in [0.05, 0.1) is 38.7 Å². The summed E-state index contributed by atoms with van der Waals surface area (Å²) in [5, 5.41) is 0. The Morgan fingerprint density at radius 1 is 0.771 bits per heavy atom. The van der Waals surface area contributed by atoms with Gasteiger partial charge in [0.2, 0.25) is 11.5 Å². The van der Waals surface area contributed by atoms with Crippen LogP contribution in [0.2, 0.25) is 0 Å². The zero-order valence-corrected chi connectivity index (χ0v) is 21.1. The highest BCUT2D eigenvalue weighted by molar-refractivity contribution is 6.02. The fraction of sp³-hybridized carbons (Fsp3) is 0.226. The first kappa shape index (κ1) is 20.5. The van der Waals surface area contributed by atoms with Crippen molar-refractivity contribution in [3.63, 3.8) is 0 Å². The molecule has 0 radical (unpaired) electrons. The zero-order valence-electron chi connectivity index (χ0n) is 21.1. The Morgan fingerprint density at radius 2 is 1.51 bits per heavy atom. The molecule has 0 saturated carbocycles. The van der Waals surface area contributed by atoms with E-state index >= 15 is 0 Å². The molecule has 3 aromatic carbocycles. The van der Waals surface area contributed by atoms with Crippen molar-refractivity contribution in [2.45, 2.75) is 40.2 Å². The zero-order chi connectivity index (χ0) is 24.2. The van der Waals surface area contributed by atoms with Crippen LogP contribution in [0.4, 0.5) is 0 Å². The van der Waals surface area contributed by atoms with Gasteiger partial charge in [-0.15, -0.1) is 0 Å². The third-order valence-corrected chi connectivity index (χ3v) is 8.02. The predicted octanol–water partition coefficient (Wildman–Crippen LogP) is 6.62. The highest BCUT2D eigenvalue weighted by Crippen LogP contribution is 2.50. The molecule has 4 nitrogen and oxygen atoms in total. The van der Waals surface area contributed by atoms with Gasteiger partial charge >= 0.3 is 0 Å². The third-order valence-electron chi connectivity index (χ3n) is 8.02. The van der Waals surface area contributed by atoms with Gasteiger partial charge in [-0.05, 0) is 69.5 Å². The number of fused-ring (bicyclic) bond motifs is 7. The first-order chi connectivity index (χ1) is 16.8. The van der Waals surface area contributed by atoms with Gasteiger partial charge in [-0.25, -0.2) is 9.55 Å². The quantitative estimate of drug-likeness (QED) is 0.255. The van der Waals surface area contributed by atoms with Gasteiger partial charge in [0.1, 0.15) is 7.05 Å². The van der Waals surface area contributed by atoms with Crippen molar-refractivity contribution >= 4 is 27.8 Å². The van der Waals surface area contributed by atoms with Crippen LogP contribution >= 0.6 is 0 Å². The third kappa shape index (κ3) is 2.42. The van der Waals surface area contributed by atoms with Gasteiger partial charge < -0.3 is 0 Å². The average Bonchev–Trinajstić information content (AvgIpc) is 3.34. The lowest BCUT2D eigenvalue weighted by Gasteiger charge is -2.36. The maximum atomic E-state index is 5.18. The number of imidazole rings is 2. The molecule has 172 valence electrons. The van der Waals surface area contributed by atoms with Crippen molar-refractivity contribution in [2.75, 3.05) is 0 Å². The molecular formula is C31H29N4+. The van der Waals surface area contributed by atoms with E-state index in [-0.39, 0.29) is 5.54 Å². The van der Waals surface area contributed by atoms with Crippen molar-refractivity contribution in [3.05, 3.63) is 89.1 Å². The maximum Gasteiger partial charge on any atom is 0.220 e. The summed E-state index contributed by atoms with van der Waals surface area (Å²) in [7, 11) is 2.20. The Morgan fingerprint density at radius 3 is 2.31 bits per heavy atom. The minimum absolute atomic E-state index is 0.318. The Kier molecular flexibility index (Phi) is 3.86. The van der Waals surface area contributed by atoms with Gasteiger partial charge in [-0.1, -0.05) is 42.5 Å². The Balaban J connectivity index is 1.76. The summed E-state index contributed by atoms with van der Waals surface area (Å²) in [6.07, 6.45) is 2.30. The van der Waals surface area contributed by atoms with Crippen LogP contribution < -0.4 is 4.57 Å². The molecule has 4 heteroatoms. The number of hydrogen-bond donors (Lipinski definition) is 0. The summed E-state index contributed by atoms with van der Waals surface area (Å²) in [5.74, 6) is 1.00. The van der Waals surface area contributed by atoms with E-state index in [1.807, 2.05) is 0 Å². The molecule has 4 heterocycles. The van der Waals surface area contributed by atoms with E-state index in [2.05, 4.69) is 122 Å². The smallest absolute Gasteiger partial charge is 0.220 e. The molecule has 0 aliphatic carbocycles. The lowest BCUT2D eigenvalue weighted by molar-refractivity contribution is -0.661. The standard InChI is InChI=1S/C31H29N4/c1-18-11-7-8-12-21(18)25-20(3)17-33(6)29-26-19(2)15-16-24-28(26)35(31(4,5)27(25)29)30-32-22-13-9-10-14-23(22)34(24)30/h7-17H,1-6H3/q+1. The molecule has 0 N–H and O–H groups in total. The van der Waals surface area contributed by atoms with E-state index < -0.39 is 0 Å². The van der Waals surface area contributed by atoms with Gasteiger partial charge in [-0.3, -0.25) is 8.97 Å². The number of aromatic nitrogens is 4. The molecule has 35 heavy (non-hydrogen) atoms. The summed E-state index contributed by atoms with van der Waals surface area (Å²) >= 11 is 0. The maximum absolute atomic E-state index is 5.18. The summed E-state index contributed by atoms with van der Waals surface area (Å²) in [4.78, 5) is 5.18. The average molecular weight is 458 g/mol. The summed E-state index contributed by atoms with van der Waals surface area (Å²) in [5.41, 5.74) is 14.9. The number of nitrogens with zero attached hydrogens (tertiary/aromatic N) is 4. The van der Waals surface area contributed by atoms with E-state index in [4.69, 9.17) is 4.98 Å². The van der Waals surface area contributed by atoms with Gasteiger partial charge in [0.25, 0.3) is 0 Å². The van der Waals surface area contributed by atoms with Crippen LogP contribution in [0.25, 0.3) is 50.2 Å². The highest BCUT2D eigenvalue weighted by atomic mass is 15.2. The lowest BCUT2D eigenvalue weighted by atomic mass is 9.78. The number of hydrogen-bond acceptors (Lipinski definition) is 1. The Hall–Kier alpha value is -3.92. The van der Waals surface area contributed by atoms with Crippen molar-refractivity contribution in [1.29, 1.82) is 0 Å². The highest BCUT2D eigenvalue weighted by Gasteiger charge is 2.44. The van der Waals surface area contributed by atoms with Crippen LogP contribution in [-0.4, -0.2) is 14.0 Å². The van der Waals surface area contributed by atoms with E-state index in [0.29, 0.717) is 0 Å². The molecule has 0 fully saturated rings. The number of aryl methyl sites for hydroxylation is 4. The minimum Gasteiger partial charge on any atom is -0.299 e. The number of rotatable bonds is 1. The number of para-hydroxylation sites is 2. The van der Waals surface area contributed by atoms with Crippen molar-refractivity contribution in [1.82, 2.24) is 14.0 Å². The van der Waals surface area contributed by atoms with Crippen LogP contribution in [0.1, 0.15) is 36.1 Å². The molecule has 0 saturated heterocycles. The molecule has 0 spiro atoms. The fourth-order valence-corrected chi connectivity index (χ4v) is 6.54. The van der Waals surface area contributed by atoms with Crippen molar-refractivity contribution in [3.8, 4) is 22.4 Å². The van der Waals surface area contributed by atoms with Crippen LogP contribution in [0, 0.1) is 20.8 Å².